The number of carbonyl (C=O) groups excluding carboxylic acids is 1. The number of carbonyl (C=O) groups is 1. The van der Waals surface area contributed by atoms with E-state index in [1.54, 1.807) is 0 Å². The van der Waals surface area contributed by atoms with Crippen LogP contribution < -0.4 is 10.6 Å². The van der Waals surface area contributed by atoms with Crippen molar-refractivity contribution in [2.45, 2.75) is 31.6 Å². The Balaban J connectivity index is 1.39. The van der Waals surface area contributed by atoms with Gasteiger partial charge in [0.25, 0.3) is 0 Å². The lowest BCUT2D eigenvalue weighted by Gasteiger charge is -2.24. The van der Waals surface area contributed by atoms with Gasteiger partial charge in [-0.3, -0.25) is 4.79 Å². The summed E-state index contributed by atoms with van der Waals surface area (Å²) in [6.45, 7) is 2.83. The van der Waals surface area contributed by atoms with E-state index in [4.69, 9.17) is 0 Å². The van der Waals surface area contributed by atoms with E-state index in [1.807, 2.05) is 12.1 Å². The van der Waals surface area contributed by atoms with Crippen LogP contribution in [0.25, 0.3) is 0 Å². The quantitative estimate of drug-likeness (QED) is 0.839. The Morgan fingerprint density at radius 2 is 1.69 bits per heavy atom. The van der Waals surface area contributed by atoms with E-state index in [-0.39, 0.29) is 11.8 Å². The molecule has 1 spiro atoms. The standard InChI is InChI=1S/C23H28N2O/c26-22(21-16-23(21)11-13-24-14-12-23)25-17-20(19-9-5-2-6-10-19)15-18-7-3-1-4-8-18/h1-10,20-21,24H,11-17H2,(H,25,26). The maximum Gasteiger partial charge on any atom is 0.223 e. The summed E-state index contributed by atoms with van der Waals surface area (Å²) >= 11 is 0. The number of hydrogen-bond acceptors (Lipinski definition) is 2. The van der Waals surface area contributed by atoms with Gasteiger partial charge in [0.15, 0.2) is 0 Å². The normalized spacial score (nSPS) is 21.9. The van der Waals surface area contributed by atoms with E-state index in [1.165, 1.54) is 11.1 Å². The lowest BCUT2D eigenvalue weighted by Crippen LogP contribution is -2.35. The molecule has 3 heteroatoms. The second-order valence-electron chi connectivity index (χ2n) is 7.91. The van der Waals surface area contributed by atoms with E-state index in [2.05, 4.69) is 59.2 Å². The van der Waals surface area contributed by atoms with Gasteiger partial charge >= 0.3 is 0 Å². The van der Waals surface area contributed by atoms with Gasteiger partial charge in [-0.1, -0.05) is 60.7 Å². The molecule has 2 N–H and O–H groups in total. The molecule has 1 heterocycles. The third-order valence-corrected chi connectivity index (χ3v) is 6.22. The van der Waals surface area contributed by atoms with Crippen LogP contribution in [0.1, 0.15) is 36.3 Å². The summed E-state index contributed by atoms with van der Waals surface area (Å²) in [6, 6.07) is 21.1. The third-order valence-electron chi connectivity index (χ3n) is 6.22. The van der Waals surface area contributed by atoms with Crippen LogP contribution in [0.2, 0.25) is 0 Å². The first kappa shape index (κ1) is 17.3. The van der Waals surface area contributed by atoms with Crippen molar-refractivity contribution in [2.75, 3.05) is 19.6 Å². The Labute approximate surface area is 156 Å². The molecule has 2 aromatic carbocycles. The Morgan fingerprint density at radius 3 is 2.38 bits per heavy atom. The molecule has 0 aromatic heterocycles. The second kappa shape index (κ2) is 7.63. The van der Waals surface area contributed by atoms with Gasteiger partial charge in [-0.15, -0.1) is 0 Å². The van der Waals surface area contributed by atoms with Crippen molar-refractivity contribution >= 4 is 5.91 Å². The van der Waals surface area contributed by atoms with Crippen LogP contribution in [0.4, 0.5) is 0 Å². The molecule has 0 radical (unpaired) electrons. The predicted octanol–water partition coefficient (Wildman–Crippen LogP) is 3.52. The number of amides is 1. The minimum absolute atomic E-state index is 0.234. The van der Waals surface area contributed by atoms with Crippen LogP contribution >= 0.6 is 0 Å². The SMILES string of the molecule is O=C(NCC(Cc1ccccc1)c1ccccc1)C1CC12CCNCC2. The van der Waals surface area contributed by atoms with Crippen molar-refractivity contribution in [3.63, 3.8) is 0 Å². The van der Waals surface area contributed by atoms with Gasteiger partial charge in [-0.25, -0.2) is 0 Å². The fourth-order valence-corrected chi connectivity index (χ4v) is 4.47. The molecule has 2 aliphatic rings. The van der Waals surface area contributed by atoms with Crippen molar-refractivity contribution in [1.29, 1.82) is 0 Å². The van der Waals surface area contributed by atoms with Crippen molar-refractivity contribution < 1.29 is 4.79 Å². The Hall–Kier alpha value is -2.13. The summed E-state index contributed by atoms with van der Waals surface area (Å²) in [5.74, 6) is 0.809. The van der Waals surface area contributed by atoms with Crippen molar-refractivity contribution in [2.24, 2.45) is 11.3 Å². The van der Waals surface area contributed by atoms with Gasteiger partial charge in [0.1, 0.15) is 0 Å². The van der Waals surface area contributed by atoms with Gasteiger partial charge in [0.05, 0.1) is 0 Å². The molecular weight excluding hydrogens is 320 g/mol. The summed E-state index contributed by atoms with van der Waals surface area (Å²) < 4.78 is 0. The van der Waals surface area contributed by atoms with E-state index < -0.39 is 0 Å². The fraction of sp³-hybridized carbons (Fsp3) is 0.435. The summed E-state index contributed by atoms with van der Waals surface area (Å²) in [5, 5.41) is 6.68. The summed E-state index contributed by atoms with van der Waals surface area (Å²) in [5.41, 5.74) is 2.91. The Morgan fingerprint density at radius 1 is 1.04 bits per heavy atom. The van der Waals surface area contributed by atoms with Crippen molar-refractivity contribution in [1.82, 2.24) is 10.6 Å². The van der Waals surface area contributed by atoms with E-state index in [9.17, 15) is 4.79 Å². The number of piperidine rings is 1. The summed E-state index contributed by atoms with van der Waals surface area (Å²) in [4.78, 5) is 12.7. The molecule has 3 nitrogen and oxygen atoms in total. The number of rotatable bonds is 6. The number of hydrogen-bond donors (Lipinski definition) is 2. The lowest BCUT2D eigenvalue weighted by molar-refractivity contribution is -0.123. The highest BCUT2D eigenvalue weighted by molar-refractivity contribution is 5.82. The van der Waals surface area contributed by atoms with Crippen LogP contribution in [-0.2, 0) is 11.2 Å². The molecular formula is C23H28N2O. The monoisotopic (exact) mass is 348 g/mol. The van der Waals surface area contributed by atoms with Crippen molar-refractivity contribution in [3.8, 4) is 0 Å². The largest absolute Gasteiger partial charge is 0.355 e. The lowest BCUT2D eigenvalue weighted by atomic mass is 9.90. The van der Waals surface area contributed by atoms with Gasteiger partial charge in [-0.05, 0) is 55.3 Å². The molecule has 4 rings (SSSR count). The maximum absolute atomic E-state index is 12.7. The van der Waals surface area contributed by atoms with Gasteiger partial charge in [-0.2, -0.15) is 0 Å². The fourth-order valence-electron chi connectivity index (χ4n) is 4.47. The summed E-state index contributed by atoms with van der Waals surface area (Å²) in [6.07, 6.45) is 4.33. The molecule has 2 aromatic rings. The molecule has 2 unspecified atom stereocenters. The zero-order valence-electron chi connectivity index (χ0n) is 15.3. The highest BCUT2D eigenvalue weighted by Gasteiger charge is 2.57. The topological polar surface area (TPSA) is 41.1 Å². The average Bonchev–Trinajstić information content (AvgIpc) is 3.39. The molecule has 26 heavy (non-hydrogen) atoms. The van der Waals surface area contributed by atoms with E-state index in [0.717, 1.165) is 38.8 Å². The Kier molecular flexibility index (Phi) is 5.07. The van der Waals surface area contributed by atoms with Crippen LogP contribution in [0.5, 0.6) is 0 Å². The van der Waals surface area contributed by atoms with Crippen LogP contribution in [0.15, 0.2) is 60.7 Å². The first-order valence-electron chi connectivity index (χ1n) is 9.84. The molecule has 2 atom stereocenters. The van der Waals surface area contributed by atoms with Gasteiger partial charge < -0.3 is 10.6 Å². The molecule has 1 saturated carbocycles. The smallest absolute Gasteiger partial charge is 0.223 e. The second-order valence-corrected chi connectivity index (χ2v) is 7.91. The van der Waals surface area contributed by atoms with Crippen LogP contribution in [0.3, 0.4) is 0 Å². The molecule has 1 aliphatic heterocycles. The highest BCUT2D eigenvalue weighted by atomic mass is 16.2. The molecule has 0 bridgehead atoms. The molecule has 1 aliphatic carbocycles. The molecule has 136 valence electrons. The van der Waals surface area contributed by atoms with Gasteiger partial charge in [0.2, 0.25) is 5.91 Å². The summed E-state index contributed by atoms with van der Waals surface area (Å²) in [7, 11) is 0. The third kappa shape index (κ3) is 3.83. The van der Waals surface area contributed by atoms with Crippen molar-refractivity contribution in [3.05, 3.63) is 71.8 Å². The maximum atomic E-state index is 12.7. The minimum Gasteiger partial charge on any atom is -0.355 e. The first-order valence-corrected chi connectivity index (χ1v) is 9.84. The molecule has 1 amide bonds. The number of nitrogens with one attached hydrogen (secondary N) is 2. The minimum atomic E-state index is 0.234. The predicted molar refractivity (Wildman–Crippen MR) is 105 cm³/mol. The zero-order valence-corrected chi connectivity index (χ0v) is 15.3. The molecule has 1 saturated heterocycles. The van der Waals surface area contributed by atoms with Crippen LogP contribution in [0, 0.1) is 11.3 Å². The average molecular weight is 348 g/mol. The Bertz CT molecular complexity index is 722. The van der Waals surface area contributed by atoms with E-state index >= 15 is 0 Å². The number of benzene rings is 2. The highest BCUT2D eigenvalue weighted by Crippen LogP contribution is 2.58. The first-order chi connectivity index (χ1) is 12.8. The van der Waals surface area contributed by atoms with Crippen LogP contribution in [-0.4, -0.2) is 25.5 Å². The van der Waals surface area contributed by atoms with Gasteiger partial charge in [0, 0.05) is 18.4 Å². The molecule has 2 fully saturated rings. The zero-order chi connectivity index (χ0) is 17.8. The van der Waals surface area contributed by atoms with E-state index in [0.29, 0.717) is 17.9 Å².